The van der Waals surface area contributed by atoms with Gasteiger partial charge in [-0.1, -0.05) is 11.3 Å². The lowest BCUT2D eigenvalue weighted by molar-refractivity contribution is 1.48. The predicted octanol–water partition coefficient (Wildman–Crippen LogP) is 3.02. The van der Waals surface area contributed by atoms with Gasteiger partial charge in [-0.05, 0) is 23.7 Å². The first-order valence-corrected chi connectivity index (χ1v) is 4.53. The minimum Gasteiger partial charge on any atom is -0.336 e. The van der Waals surface area contributed by atoms with Gasteiger partial charge in [0.15, 0.2) is 3.95 Å². The summed E-state index contributed by atoms with van der Waals surface area (Å²) in [5.41, 5.74) is 1.18. The molecule has 9 heavy (non-hydrogen) atoms. The summed E-state index contributed by atoms with van der Waals surface area (Å²) in [6.07, 6.45) is 0. The van der Waals surface area contributed by atoms with Crippen molar-refractivity contribution in [1.82, 2.24) is 4.98 Å². The van der Waals surface area contributed by atoms with E-state index in [4.69, 9.17) is 12.2 Å². The molecule has 0 aliphatic rings. The molecule has 46 valence electrons. The van der Waals surface area contributed by atoms with E-state index in [0.717, 1.165) is 3.95 Å². The normalized spacial score (nSPS) is 10.7. The van der Waals surface area contributed by atoms with Crippen molar-refractivity contribution in [2.24, 2.45) is 0 Å². The smallest absolute Gasteiger partial charge is 0.160 e. The fourth-order valence-electron chi connectivity index (χ4n) is 0.687. The number of aromatic nitrogens is 1. The number of hydrogen-bond acceptors (Lipinski definition) is 3. The van der Waals surface area contributed by atoms with Crippen LogP contribution in [0.5, 0.6) is 0 Å². The Morgan fingerprint density at radius 1 is 1.56 bits per heavy atom. The van der Waals surface area contributed by atoms with Crippen LogP contribution in [0.15, 0.2) is 11.4 Å². The lowest BCUT2D eigenvalue weighted by Crippen LogP contribution is -1.53. The molecule has 0 saturated carbocycles. The van der Waals surface area contributed by atoms with E-state index in [1.165, 1.54) is 9.53 Å². The van der Waals surface area contributed by atoms with Crippen LogP contribution in [0.1, 0.15) is 0 Å². The lowest BCUT2D eigenvalue weighted by Gasteiger charge is -1.65. The Hall–Kier alpha value is -0.190. The Morgan fingerprint density at radius 3 is 3.22 bits per heavy atom. The topological polar surface area (TPSA) is 15.8 Å². The first-order chi connectivity index (χ1) is 4.36. The van der Waals surface area contributed by atoms with Crippen molar-refractivity contribution in [2.45, 2.75) is 0 Å². The quantitative estimate of drug-likeness (QED) is 0.605. The van der Waals surface area contributed by atoms with E-state index in [1.54, 1.807) is 22.7 Å². The summed E-state index contributed by atoms with van der Waals surface area (Å²) < 4.78 is 2.16. The third-order valence-corrected chi connectivity index (χ3v) is 3.34. The maximum atomic E-state index is 4.94. The molecule has 1 nitrogen and oxygen atoms in total. The Bertz CT molecular complexity index is 335. The predicted molar refractivity (Wildman–Crippen MR) is 44.9 cm³/mol. The molecule has 0 saturated heterocycles. The van der Waals surface area contributed by atoms with E-state index in [-0.39, 0.29) is 0 Å². The van der Waals surface area contributed by atoms with Crippen molar-refractivity contribution in [1.29, 1.82) is 0 Å². The summed E-state index contributed by atoms with van der Waals surface area (Å²) in [5, 5.41) is 2.06. The second-order valence-electron chi connectivity index (χ2n) is 1.64. The number of hydrogen-bond donors (Lipinski definition) is 1. The van der Waals surface area contributed by atoms with Crippen LogP contribution in [0.4, 0.5) is 0 Å². The van der Waals surface area contributed by atoms with Gasteiger partial charge in [0.2, 0.25) is 0 Å². The number of aromatic amines is 1. The van der Waals surface area contributed by atoms with Gasteiger partial charge in [-0.15, -0.1) is 11.3 Å². The van der Waals surface area contributed by atoms with Crippen molar-refractivity contribution < 1.29 is 0 Å². The molecular weight excluding hydrogens is 170 g/mol. The molecule has 1 N–H and O–H groups in total. The van der Waals surface area contributed by atoms with E-state index in [1.807, 2.05) is 6.07 Å². The van der Waals surface area contributed by atoms with Crippen LogP contribution in [-0.4, -0.2) is 4.98 Å². The van der Waals surface area contributed by atoms with E-state index >= 15 is 0 Å². The molecule has 0 atom stereocenters. The highest BCUT2D eigenvalue weighted by molar-refractivity contribution is 7.74. The van der Waals surface area contributed by atoms with Gasteiger partial charge in [-0.2, -0.15) is 0 Å². The second-order valence-corrected chi connectivity index (χ2v) is 4.50. The van der Waals surface area contributed by atoms with Crippen molar-refractivity contribution in [2.75, 3.05) is 0 Å². The molecule has 0 amide bonds. The molecule has 0 radical (unpaired) electrons. The average Bonchev–Trinajstić information content (AvgIpc) is 2.22. The Balaban J connectivity index is 3.08. The monoisotopic (exact) mass is 173 g/mol. The molecular formula is C5H3NS3. The summed E-state index contributed by atoms with van der Waals surface area (Å²) in [4.78, 5) is 3.08. The van der Waals surface area contributed by atoms with Crippen molar-refractivity contribution >= 4 is 44.4 Å². The molecule has 0 aromatic carbocycles. The average molecular weight is 173 g/mol. The van der Waals surface area contributed by atoms with Crippen LogP contribution >= 0.6 is 34.9 Å². The number of H-pyrrole nitrogens is 1. The van der Waals surface area contributed by atoms with Crippen molar-refractivity contribution in [3.05, 3.63) is 15.4 Å². The molecule has 0 unspecified atom stereocenters. The van der Waals surface area contributed by atoms with Gasteiger partial charge in [0, 0.05) is 0 Å². The molecule has 2 aromatic heterocycles. The highest BCUT2D eigenvalue weighted by atomic mass is 32.2. The molecule has 0 aliphatic carbocycles. The Morgan fingerprint density at radius 2 is 2.44 bits per heavy atom. The molecule has 2 rings (SSSR count). The first-order valence-electron chi connectivity index (χ1n) is 2.42. The van der Waals surface area contributed by atoms with Crippen LogP contribution < -0.4 is 0 Å². The molecule has 0 aliphatic heterocycles. The minimum absolute atomic E-state index is 0.872. The number of nitrogens with one attached hydrogen (secondary N) is 1. The Labute approximate surface area is 65.0 Å². The molecule has 0 bridgehead atoms. The zero-order valence-electron chi connectivity index (χ0n) is 4.38. The fraction of sp³-hybridized carbons (Fsp3) is 0. The van der Waals surface area contributed by atoms with E-state index in [9.17, 15) is 0 Å². The number of thiazole rings is 1. The zero-order valence-corrected chi connectivity index (χ0v) is 6.83. The van der Waals surface area contributed by atoms with E-state index in [0.29, 0.717) is 0 Å². The molecule has 4 heteroatoms. The van der Waals surface area contributed by atoms with Crippen LogP contribution in [-0.2, 0) is 0 Å². The highest BCUT2D eigenvalue weighted by Crippen LogP contribution is 2.24. The zero-order chi connectivity index (χ0) is 6.27. The number of thiophene rings is 1. The van der Waals surface area contributed by atoms with Gasteiger partial charge in [-0.25, -0.2) is 0 Å². The van der Waals surface area contributed by atoms with Crippen LogP contribution in [0.2, 0.25) is 0 Å². The van der Waals surface area contributed by atoms with Gasteiger partial charge in [0.25, 0.3) is 0 Å². The van der Waals surface area contributed by atoms with Gasteiger partial charge >= 0.3 is 0 Å². The van der Waals surface area contributed by atoms with Crippen LogP contribution in [0.25, 0.3) is 9.53 Å². The fourth-order valence-corrected chi connectivity index (χ4v) is 2.95. The summed E-state index contributed by atoms with van der Waals surface area (Å²) in [7, 11) is 0. The summed E-state index contributed by atoms with van der Waals surface area (Å²) in [6, 6.07) is 2.05. The van der Waals surface area contributed by atoms with E-state index < -0.39 is 0 Å². The maximum Gasteiger partial charge on any atom is 0.160 e. The minimum atomic E-state index is 0.872. The van der Waals surface area contributed by atoms with E-state index in [2.05, 4.69) is 10.4 Å². The van der Waals surface area contributed by atoms with Crippen LogP contribution in [0.3, 0.4) is 0 Å². The van der Waals surface area contributed by atoms with Crippen LogP contribution in [0, 0.1) is 3.95 Å². The third kappa shape index (κ3) is 0.831. The second kappa shape index (κ2) is 1.90. The van der Waals surface area contributed by atoms with Gasteiger partial charge in [-0.3, -0.25) is 0 Å². The Kier molecular flexibility index (Phi) is 1.18. The highest BCUT2D eigenvalue weighted by Gasteiger charge is 1.94. The van der Waals surface area contributed by atoms with Gasteiger partial charge in [0.05, 0.1) is 5.52 Å². The largest absolute Gasteiger partial charge is 0.336 e. The van der Waals surface area contributed by atoms with Gasteiger partial charge < -0.3 is 4.98 Å². The van der Waals surface area contributed by atoms with Crippen molar-refractivity contribution in [3.63, 3.8) is 0 Å². The molecule has 0 fully saturated rings. The molecule has 2 heterocycles. The summed E-state index contributed by atoms with van der Waals surface area (Å²) in [5.74, 6) is 0. The molecule has 2 aromatic rings. The van der Waals surface area contributed by atoms with Gasteiger partial charge in [0.1, 0.15) is 4.01 Å². The number of rotatable bonds is 0. The SMILES string of the molecule is S=c1[nH]c2ccsc2s1. The summed E-state index contributed by atoms with van der Waals surface area (Å²) in [6.45, 7) is 0. The lowest BCUT2D eigenvalue weighted by atomic mass is 10.6. The maximum absolute atomic E-state index is 4.94. The first kappa shape index (κ1) is 5.58. The van der Waals surface area contributed by atoms with Crippen molar-refractivity contribution in [3.8, 4) is 0 Å². The molecule has 0 spiro atoms. The summed E-state index contributed by atoms with van der Waals surface area (Å²) >= 11 is 8.30. The standard InChI is InChI=1S/C5H3NS3/c7-5-6-3-1-2-8-4(3)9-5/h1-2H,(H,6,7). The number of fused-ring (bicyclic) bond motifs is 1. The third-order valence-electron chi connectivity index (χ3n) is 1.05.